The molecule has 2 rings (SSSR count). The maximum atomic E-state index is 12.8. The topological polar surface area (TPSA) is 40.6 Å². The van der Waals surface area contributed by atoms with Crippen LogP contribution in [0, 0.1) is 0 Å². The van der Waals surface area contributed by atoms with Crippen LogP contribution >= 0.6 is 0 Å². The molecule has 4 nitrogen and oxygen atoms in total. The molecular formula is C20H29FN2O2S. The molecule has 1 heterocycles. The third-order valence-electron chi connectivity index (χ3n) is 4.90. The van der Waals surface area contributed by atoms with Crippen molar-refractivity contribution in [1.29, 1.82) is 0 Å². The Labute approximate surface area is 157 Å². The predicted octanol–water partition coefficient (Wildman–Crippen LogP) is 3.72. The Morgan fingerprint density at radius 2 is 1.88 bits per heavy atom. The first-order valence-electron chi connectivity index (χ1n) is 8.91. The third-order valence-corrected chi connectivity index (χ3v) is 6.78. The predicted molar refractivity (Wildman–Crippen MR) is 105 cm³/mol. The van der Waals surface area contributed by atoms with Crippen LogP contribution in [0.3, 0.4) is 0 Å². The van der Waals surface area contributed by atoms with Crippen molar-refractivity contribution in [3.8, 4) is 0 Å². The zero-order chi connectivity index (χ0) is 19.3. The van der Waals surface area contributed by atoms with Crippen LogP contribution in [-0.2, 0) is 10.0 Å². The summed E-state index contributed by atoms with van der Waals surface area (Å²) in [5.41, 5.74) is 2.74. The molecule has 0 radical (unpaired) electrons. The van der Waals surface area contributed by atoms with Crippen molar-refractivity contribution in [2.45, 2.75) is 37.6 Å². The van der Waals surface area contributed by atoms with Crippen LogP contribution in [0.25, 0.3) is 5.57 Å². The Bertz CT molecular complexity index is 768. The summed E-state index contributed by atoms with van der Waals surface area (Å²) in [5.74, 6) is 0. The highest BCUT2D eigenvalue weighted by Gasteiger charge is 2.33. The lowest BCUT2D eigenvalue weighted by Crippen LogP contribution is -2.34. The zero-order valence-corrected chi connectivity index (χ0v) is 16.9. The van der Waals surface area contributed by atoms with E-state index in [0.29, 0.717) is 24.4 Å². The molecule has 1 saturated heterocycles. The maximum Gasteiger partial charge on any atom is 0.243 e. The Kier molecular flexibility index (Phi) is 7.15. The summed E-state index contributed by atoms with van der Waals surface area (Å²) < 4.78 is 39.6. The summed E-state index contributed by atoms with van der Waals surface area (Å²) in [6.07, 6.45) is 5.40. The van der Waals surface area contributed by atoms with E-state index < -0.39 is 16.7 Å². The van der Waals surface area contributed by atoms with Crippen LogP contribution in [0.15, 0.2) is 46.9 Å². The van der Waals surface area contributed by atoms with Crippen molar-refractivity contribution in [2.24, 2.45) is 0 Å². The number of hydrogen-bond donors (Lipinski definition) is 0. The van der Waals surface area contributed by atoms with E-state index in [4.69, 9.17) is 0 Å². The third kappa shape index (κ3) is 5.02. The molecule has 1 fully saturated rings. The smallest absolute Gasteiger partial charge is 0.243 e. The molecule has 0 N–H and O–H groups in total. The monoisotopic (exact) mass is 380 g/mol. The Balaban J connectivity index is 2.10. The van der Waals surface area contributed by atoms with E-state index in [9.17, 15) is 12.8 Å². The molecule has 1 unspecified atom stereocenters. The summed E-state index contributed by atoms with van der Waals surface area (Å²) in [4.78, 5) is 2.41. The fourth-order valence-corrected chi connectivity index (χ4v) is 4.49. The number of alkyl halides is 1. The fourth-order valence-electron chi connectivity index (χ4n) is 3.00. The van der Waals surface area contributed by atoms with Gasteiger partial charge in [0.2, 0.25) is 10.0 Å². The number of likely N-dealkylation sites (N-methyl/N-ethyl adjacent to an activating group) is 1. The SMILES string of the molecule is C/C(=C\C/C=C(\C)c1ccc(S(=O)(=O)N2CCC(N(C)C)C2)cc1)CF. The molecule has 0 amide bonds. The minimum Gasteiger partial charge on any atom is -0.305 e. The fraction of sp³-hybridized carbons (Fsp3) is 0.500. The molecule has 1 atom stereocenters. The second-order valence-electron chi connectivity index (χ2n) is 7.10. The molecule has 0 bridgehead atoms. The number of rotatable bonds is 7. The lowest BCUT2D eigenvalue weighted by Gasteiger charge is -2.20. The first kappa shape index (κ1) is 20.8. The van der Waals surface area contributed by atoms with Gasteiger partial charge in [-0.15, -0.1) is 0 Å². The number of hydrogen-bond acceptors (Lipinski definition) is 3. The van der Waals surface area contributed by atoms with Crippen molar-refractivity contribution in [1.82, 2.24) is 9.21 Å². The van der Waals surface area contributed by atoms with Gasteiger partial charge in [-0.25, -0.2) is 12.8 Å². The number of allylic oxidation sites excluding steroid dienone is 4. The Morgan fingerprint density at radius 3 is 2.42 bits per heavy atom. The summed E-state index contributed by atoms with van der Waals surface area (Å²) in [5, 5.41) is 0. The van der Waals surface area contributed by atoms with Crippen LogP contribution in [0.4, 0.5) is 4.39 Å². The molecule has 26 heavy (non-hydrogen) atoms. The summed E-state index contributed by atoms with van der Waals surface area (Å²) in [6, 6.07) is 7.30. The molecule has 1 aliphatic heterocycles. The quantitative estimate of drug-likeness (QED) is 0.677. The van der Waals surface area contributed by atoms with E-state index in [0.717, 1.165) is 23.1 Å². The summed E-state index contributed by atoms with van der Waals surface area (Å²) in [7, 11) is 0.519. The van der Waals surface area contributed by atoms with E-state index in [2.05, 4.69) is 4.90 Å². The van der Waals surface area contributed by atoms with Crippen molar-refractivity contribution < 1.29 is 12.8 Å². The number of nitrogens with zero attached hydrogens (tertiary/aromatic N) is 2. The van der Waals surface area contributed by atoms with Crippen molar-refractivity contribution in [2.75, 3.05) is 33.9 Å². The largest absolute Gasteiger partial charge is 0.305 e. The molecule has 1 aromatic carbocycles. The standard InChI is InChI=1S/C20H29FN2O2S/c1-16(14-21)6-5-7-17(2)18-8-10-20(11-9-18)26(24,25)23-13-12-19(15-23)22(3)4/h6-11,19H,5,12-15H2,1-4H3/b16-6+,17-7+. The summed E-state index contributed by atoms with van der Waals surface area (Å²) in [6.45, 7) is 4.42. The Morgan fingerprint density at radius 1 is 1.23 bits per heavy atom. The molecule has 0 saturated carbocycles. The highest BCUT2D eigenvalue weighted by atomic mass is 32.2. The van der Waals surface area contributed by atoms with Gasteiger partial charge >= 0.3 is 0 Å². The first-order chi connectivity index (χ1) is 12.3. The van der Waals surface area contributed by atoms with Gasteiger partial charge < -0.3 is 4.90 Å². The van der Waals surface area contributed by atoms with Gasteiger partial charge in [-0.05, 0) is 69.6 Å². The van der Waals surface area contributed by atoms with Crippen LogP contribution in [0.2, 0.25) is 0 Å². The molecule has 144 valence electrons. The molecule has 0 aromatic heterocycles. The van der Waals surface area contributed by atoms with Gasteiger partial charge in [0.15, 0.2) is 0 Å². The van der Waals surface area contributed by atoms with E-state index in [1.807, 2.05) is 45.3 Å². The lowest BCUT2D eigenvalue weighted by atomic mass is 10.1. The highest BCUT2D eigenvalue weighted by molar-refractivity contribution is 7.89. The van der Waals surface area contributed by atoms with Crippen LogP contribution < -0.4 is 0 Å². The molecule has 1 aromatic rings. The molecule has 1 aliphatic rings. The average molecular weight is 381 g/mol. The molecule has 0 spiro atoms. The summed E-state index contributed by atoms with van der Waals surface area (Å²) >= 11 is 0. The number of halogens is 1. The van der Waals surface area contributed by atoms with E-state index in [-0.39, 0.29) is 6.04 Å². The van der Waals surface area contributed by atoms with Crippen molar-refractivity contribution in [3.05, 3.63) is 47.6 Å². The van der Waals surface area contributed by atoms with Crippen LogP contribution in [0.5, 0.6) is 0 Å². The van der Waals surface area contributed by atoms with Crippen LogP contribution in [0.1, 0.15) is 32.3 Å². The second-order valence-corrected chi connectivity index (χ2v) is 9.04. The Hall–Kier alpha value is -1.50. The average Bonchev–Trinajstić information content (AvgIpc) is 3.13. The highest BCUT2D eigenvalue weighted by Crippen LogP contribution is 2.24. The van der Waals surface area contributed by atoms with Crippen molar-refractivity contribution >= 4 is 15.6 Å². The van der Waals surface area contributed by atoms with E-state index in [1.165, 1.54) is 0 Å². The van der Waals surface area contributed by atoms with Gasteiger partial charge in [-0.3, -0.25) is 0 Å². The maximum absolute atomic E-state index is 12.8. The second kappa shape index (κ2) is 8.93. The van der Waals surface area contributed by atoms with Gasteiger partial charge in [0.05, 0.1) is 4.90 Å². The van der Waals surface area contributed by atoms with E-state index in [1.54, 1.807) is 23.4 Å². The van der Waals surface area contributed by atoms with Gasteiger partial charge in [0.25, 0.3) is 0 Å². The van der Waals surface area contributed by atoms with Gasteiger partial charge in [-0.1, -0.05) is 24.3 Å². The zero-order valence-electron chi connectivity index (χ0n) is 16.1. The molecule has 0 aliphatic carbocycles. The normalized spacial score (nSPS) is 20.2. The molecular weight excluding hydrogens is 351 g/mol. The van der Waals surface area contributed by atoms with E-state index >= 15 is 0 Å². The minimum absolute atomic E-state index is 0.273. The van der Waals surface area contributed by atoms with Gasteiger partial charge in [0.1, 0.15) is 6.67 Å². The minimum atomic E-state index is -3.44. The number of benzene rings is 1. The first-order valence-corrected chi connectivity index (χ1v) is 10.3. The van der Waals surface area contributed by atoms with Crippen molar-refractivity contribution in [3.63, 3.8) is 0 Å². The lowest BCUT2D eigenvalue weighted by molar-refractivity contribution is 0.302. The molecule has 6 heteroatoms. The van der Waals surface area contributed by atoms with Gasteiger partial charge in [0, 0.05) is 19.1 Å². The van der Waals surface area contributed by atoms with Crippen LogP contribution in [-0.4, -0.2) is 57.5 Å². The number of sulfonamides is 1. The van der Waals surface area contributed by atoms with Gasteiger partial charge in [-0.2, -0.15) is 4.31 Å².